The summed E-state index contributed by atoms with van der Waals surface area (Å²) in [5.41, 5.74) is 4.72. The number of unbranched alkanes of at least 4 members (excludes halogenated alkanes) is 2. The van der Waals surface area contributed by atoms with Crippen LogP contribution in [-0.2, 0) is 27.3 Å². The average molecular weight is 566 g/mol. The quantitative estimate of drug-likeness (QED) is 0.151. The molecule has 220 valence electrons. The third kappa shape index (κ3) is 6.52. The number of ether oxygens (including phenoxy) is 3. The highest BCUT2D eigenvalue weighted by Crippen LogP contribution is 2.54. The number of pyridine rings is 1. The Balaban J connectivity index is 1.47. The first-order valence-electron chi connectivity index (χ1n) is 15.5. The standard InChI is InChI=1S/C37H43NO4/c1-4-6-23-37(24-7-5-2)25-22-30-31(35(37)42-36(39)34(40-3)28-15-9-8-10-16-28)17-13-19-33(30)41-26-29-21-20-27-14-11-12-18-32(27)38-29/h8-21,34-35H,4-7,22-26H2,1-3H3/t34-,35-/m0/s1. The minimum Gasteiger partial charge on any atom is -0.487 e. The van der Waals surface area contributed by atoms with Crippen LogP contribution < -0.4 is 4.74 Å². The van der Waals surface area contributed by atoms with Crippen molar-refractivity contribution in [1.82, 2.24) is 4.98 Å². The van der Waals surface area contributed by atoms with Crippen LogP contribution in [0, 0.1) is 5.41 Å². The lowest BCUT2D eigenvalue weighted by Gasteiger charge is -2.45. The zero-order valence-electron chi connectivity index (χ0n) is 25.2. The van der Waals surface area contributed by atoms with Crippen LogP contribution in [0.5, 0.6) is 5.75 Å². The number of carbonyl (C=O) groups is 1. The molecule has 2 atom stereocenters. The molecule has 1 aliphatic rings. The first-order chi connectivity index (χ1) is 20.6. The number of carbonyl (C=O) groups excluding carboxylic acids is 1. The zero-order valence-corrected chi connectivity index (χ0v) is 25.2. The number of esters is 1. The minimum absolute atomic E-state index is 0.123. The Morgan fingerprint density at radius 1 is 0.905 bits per heavy atom. The van der Waals surface area contributed by atoms with E-state index in [9.17, 15) is 4.79 Å². The Hall–Kier alpha value is -3.70. The molecule has 4 aromatic rings. The van der Waals surface area contributed by atoms with Crippen LogP contribution in [0.15, 0.2) is 84.9 Å². The second kappa shape index (κ2) is 14.0. The molecule has 0 amide bonds. The van der Waals surface area contributed by atoms with Crippen molar-refractivity contribution in [3.05, 3.63) is 107 Å². The first kappa shape index (κ1) is 29.8. The number of aromatic nitrogens is 1. The lowest BCUT2D eigenvalue weighted by molar-refractivity contribution is -0.172. The Kier molecular flexibility index (Phi) is 9.91. The van der Waals surface area contributed by atoms with Crippen molar-refractivity contribution in [3.8, 4) is 5.75 Å². The van der Waals surface area contributed by atoms with E-state index in [2.05, 4.69) is 32.0 Å². The zero-order chi connectivity index (χ0) is 29.4. The van der Waals surface area contributed by atoms with Crippen molar-refractivity contribution in [2.75, 3.05) is 7.11 Å². The van der Waals surface area contributed by atoms with E-state index in [1.165, 1.54) is 0 Å². The maximum absolute atomic E-state index is 13.8. The molecule has 0 saturated heterocycles. The fourth-order valence-electron chi connectivity index (χ4n) is 6.46. The number of hydrogen-bond acceptors (Lipinski definition) is 5. The molecular weight excluding hydrogens is 522 g/mol. The van der Waals surface area contributed by atoms with E-state index in [1.807, 2.05) is 66.7 Å². The second-order valence-corrected chi connectivity index (χ2v) is 11.5. The van der Waals surface area contributed by atoms with Gasteiger partial charge in [0.25, 0.3) is 0 Å². The van der Waals surface area contributed by atoms with Gasteiger partial charge in [0.1, 0.15) is 18.5 Å². The van der Waals surface area contributed by atoms with E-state index < -0.39 is 6.10 Å². The number of para-hydroxylation sites is 1. The Morgan fingerprint density at radius 3 is 2.38 bits per heavy atom. The summed E-state index contributed by atoms with van der Waals surface area (Å²) in [6.45, 7) is 4.84. The van der Waals surface area contributed by atoms with Gasteiger partial charge in [0, 0.05) is 23.5 Å². The lowest BCUT2D eigenvalue weighted by atomic mass is 9.64. The molecule has 5 heteroatoms. The smallest absolute Gasteiger partial charge is 0.340 e. The average Bonchev–Trinajstić information content (AvgIpc) is 3.03. The van der Waals surface area contributed by atoms with E-state index in [-0.39, 0.29) is 17.5 Å². The Morgan fingerprint density at radius 2 is 1.64 bits per heavy atom. The number of fused-ring (bicyclic) bond motifs is 2. The van der Waals surface area contributed by atoms with Crippen molar-refractivity contribution in [3.63, 3.8) is 0 Å². The number of benzene rings is 3. The largest absolute Gasteiger partial charge is 0.487 e. The summed E-state index contributed by atoms with van der Waals surface area (Å²) >= 11 is 0. The third-order valence-electron chi connectivity index (χ3n) is 8.76. The highest BCUT2D eigenvalue weighted by atomic mass is 16.6. The molecule has 0 fully saturated rings. The van der Waals surface area contributed by atoms with E-state index in [4.69, 9.17) is 19.2 Å². The third-order valence-corrected chi connectivity index (χ3v) is 8.76. The second-order valence-electron chi connectivity index (χ2n) is 11.5. The van der Waals surface area contributed by atoms with Crippen molar-refractivity contribution in [1.29, 1.82) is 0 Å². The fraction of sp³-hybridized carbons (Fsp3) is 0.405. The number of nitrogens with zero attached hydrogens (tertiary/aromatic N) is 1. The fourth-order valence-corrected chi connectivity index (χ4v) is 6.46. The van der Waals surface area contributed by atoms with Crippen molar-refractivity contribution in [2.45, 2.75) is 84.0 Å². The molecule has 5 rings (SSSR count). The molecule has 0 bridgehead atoms. The molecule has 0 radical (unpaired) electrons. The molecule has 0 aliphatic heterocycles. The molecule has 0 N–H and O–H groups in total. The summed E-state index contributed by atoms with van der Waals surface area (Å²) in [6.07, 6.45) is 7.17. The van der Waals surface area contributed by atoms with Gasteiger partial charge in [-0.05, 0) is 55.0 Å². The molecule has 0 spiro atoms. The van der Waals surface area contributed by atoms with E-state index in [0.717, 1.165) is 90.4 Å². The summed E-state index contributed by atoms with van der Waals surface area (Å²) in [7, 11) is 1.57. The summed E-state index contributed by atoms with van der Waals surface area (Å²) in [6, 6.07) is 28.0. The first-order valence-corrected chi connectivity index (χ1v) is 15.5. The predicted molar refractivity (Wildman–Crippen MR) is 167 cm³/mol. The maximum Gasteiger partial charge on any atom is 0.340 e. The molecule has 0 unspecified atom stereocenters. The molecular formula is C37H43NO4. The van der Waals surface area contributed by atoms with Gasteiger partial charge in [-0.3, -0.25) is 0 Å². The molecule has 5 nitrogen and oxygen atoms in total. The summed E-state index contributed by atoms with van der Waals surface area (Å²) in [4.78, 5) is 18.6. The molecule has 3 aromatic carbocycles. The topological polar surface area (TPSA) is 57.7 Å². The molecule has 1 aliphatic carbocycles. The maximum atomic E-state index is 13.8. The van der Waals surface area contributed by atoms with Crippen molar-refractivity contribution < 1.29 is 19.0 Å². The molecule has 42 heavy (non-hydrogen) atoms. The van der Waals surface area contributed by atoms with Gasteiger partial charge in [-0.15, -0.1) is 0 Å². The van der Waals surface area contributed by atoms with Gasteiger partial charge in [-0.25, -0.2) is 9.78 Å². The van der Waals surface area contributed by atoms with Crippen LogP contribution in [-0.4, -0.2) is 18.1 Å². The molecule has 0 saturated carbocycles. The summed E-state index contributed by atoms with van der Waals surface area (Å²) < 4.78 is 18.7. The van der Waals surface area contributed by atoms with Gasteiger partial charge in [-0.1, -0.05) is 106 Å². The lowest BCUT2D eigenvalue weighted by Crippen LogP contribution is -2.38. The SMILES string of the molecule is CCCCC1(CCCC)CCc2c(OCc3ccc4ccccc4n3)cccc2[C@@H]1OC(=O)[C@@H](OC)c1ccccc1. The Bertz CT molecular complexity index is 1460. The molecule has 1 heterocycles. The van der Waals surface area contributed by atoms with E-state index in [0.29, 0.717) is 6.61 Å². The van der Waals surface area contributed by atoms with Gasteiger partial charge in [0.2, 0.25) is 0 Å². The van der Waals surface area contributed by atoms with E-state index in [1.54, 1.807) is 7.11 Å². The van der Waals surface area contributed by atoms with Gasteiger partial charge in [0.05, 0.1) is 11.2 Å². The van der Waals surface area contributed by atoms with Crippen LogP contribution >= 0.6 is 0 Å². The number of hydrogen-bond donors (Lipinski definition) is 0. The van der Waals surface area contributed by atoms with Crippen LogP contribution in [0.1, 0.15) is 93.4 Å². The van der Waals surface area contributed by atoms with Crippen molar-refractivity contribution in [2.24, 2.45) is 5.41 Å². The van der Waals surface area contributed by atoms with E-state index >= 15 is 0 Å². The van der Waals surface area contributed by atoms with Crippen LogP contribution in [0.2, 0.25) is 0 Å². The highest BCUT2D eigenvalue weighted by Gasteiger charge is 2.46. The monoisotopic (exact) mass is 565 g/mol. The van der Waals surface area contributed by atoms with Crippen LogP contribution in [0.3, 0.4) is 0 Å². The van der Waals surface area contributed by atoms with Crippen LogP contribution in [0.25, 0.3) is 10.9 Å². The minimum atomic E-state index is -0.773. The molecule has 1 aromatic heterocycles. The van der Waals surface area contributed by atoms with Gasteiger partial charge in [0.15, 0.2) is 6.10 Å². The number of rotatable bonds is 13. The van der Waals surface area contributed by atoms with Crippen LogP contribution in [0.4, 0.5) is 0 Å². The van der Waals surface area contributed by atoms with Gasteiger partial charge < -0.3 is 14.2 Å². The highest BCUT2D eigenvalue weighted by molar-refractivity contribution is 5.78. The summed E-state index contributed by atoms with van der Waals surface area (Å²) in [5.74, 6) is 0.500. The number of methoxy groups -OCH3 is 1. The van der Waals surface area contributed by atoms with Crippen molar-refractivity contribution >= 4 is 16.9 Å². The normalized spacial score (nSPS) is 16.5. The summed E-state index contributed by atoms with van der Waals surface area (Å²) in [5, 5.41) is 1.11. The van der Waals surface area contributed by atoms with Gasteiger partial charge >= 0.3 is 5.97 Å². The Labute approximate surface area is 250 Å². The predicted octanol–water partition coefficient (Wildman–Crippen LogP) is 9.10. The van der Waals surface area contributed by atoms with Gasteiger partial charge in [-0.2, -0.15) is 0 Å².